The molecule has 0 aromatic heterocycles. The lowest BCUT2D eigenvalue weighted by molar-refractivity contribution is -0.106. The van der Waals surface area contributed by atoms with Crippen molar-refractivity contribution in [2.75, 3.05) is 13.7 Å². The van der Waals surface area contributed by atoms with Crippen LogP contribution >= 0.6 is 39.9 Å². The van der Waals surface area contributed by atoms with Crippen molar-refractivity contribution in [2.24, 2.45) is 16.3 Å². The summed E-state index contributed by atoms with van der Waals surface area (Å²) >= 11 is 3.62. The quantitative estimate of drug-likeness (QED) is 0.367. The SMILES string of the molecule is CN=C(NC(C)c1ccccc1Br)NC1C2CCOC2C1(C)C.I. The predicted octanol–water partition coefficient (Wildman–Crippen LogP) is 4.11. The molecule has 4 atom stereocenters. The molecule has 6 heteroatoms. The van der Waals surface area contributed by atoms with E-state index in [1.807, 2.05) is 13.1 Å². The molecule has 4 unspecified atom stereocenters. The van der Waals surface area contributed by atoms with Gasteiger partial charge in [-0.15, -0.1) is 24.0 Å². The highest BCUT2D eigenvalue weighted by Crippen LogP contribution is 2.52. The van der Waals surface area contributed by atoms with Gasteiger partial charge >= 0.3 is 0 Å². The van der Waals surface area contributed by atoms with Gasteiger partial charge in [0.2, 0.25) is 0 Å². The molecule has 1 saturated heterocycles. The van der Waals surface area contributed by atoms with E-state index in [2.05, 4.69) is 70.5 Å². The number of hydrogen-bond acceptors (Lipinski definition) is 2. The van der Waals surface area contributed by atoms with E-state index in [9.17, 15) is 0 Å². The van der Waals surface area contributed by atoms with Crippen molar-refractivity contribution in [3.8, 4) is 0 Å². The van der Waals surface area contributed by atoms with E-state index in [0.717, 1.165) is 23.5 Å². The third kappa shape index (κ3) is 3.60. The van der Waals surface area contributed by atoms with Gasteiger partial charge in [0.25, 0.3) is 0 Å². The van der Waals surface area contributed by atoms with Crippen LogP contribution in [0.3, 0.4) is 0 Å². The fraction of sp³-hybridized carbons (Fsp3) is 0.611. The monoisotopic (exact) mass is 507 g/mol. The third-order valence-corrected chi connectivity index (χ3v) is 6.06. The second-order valence-electron chi connectivity index (χ2n) is 7.15. The smallest absolute Gasteiger partial charge is 0.191 e. The van der Waals surface area contributed by atoms with Crippen LogP contribution in [0.2, 0.25) is 0 Å². The van der Waals surface area contributed by atoms with Gasteiger partial charge in [-0.2, -0.15) is 0 Å². The van der Waals surface area contributed by atoms with Crippen LogP contribution in [-0.2, 0) is 4.74 Å². The second kappa shape index (κ2) is 7.91. The van der Waals surface area contributed by atoms with E-state index in [4.69, 9.17) is 4.74 Å². The maximum absolute atomic E-state index is 5.87. The molecule has 1 aliphatic carbocycles. The van der Waals surface area contributed by atoms with E-state index >= 15 is 0 Å². The zero-order valence-electron chi connectivity index (χ0n) is 14.7. The van der Waals surface area contributed by atoms with Crippen molar-refractivity contribution in [3.05, 3.63) is 34.3 Å². The summed E-state index contributed by atoms with van der Waals surface area (Å²) in [7, 11) is 1.83. The first-order chi connectivity index (χ1) is 10.9. The number of ether oxygens (including phenoxy) is 1. The fourth-order valence-electron chi connectivity index (χ4n) is 4.04. The number of benzene rings is 1. The van der Waals surface area contributed by atoms with Gasteiger partial charge < -0.3 is 15.4 Å². The Hall–Kier alpha value is -0.340. The molecule has 1 saturated carbocycles. The Morgan fingerprint density at radius 1 is 1.38 bits per heavy atom. The molecule has 0 bridgehead atoms. The topological polar surface area (TPSA) is 45.7 Å². The van der Waals surface area contributed by atoms with Crippen LogP contribution in [-0.4, -0.2) is 31.8 Å². The van der Waals surface area contributed by atoms with Crippen molar-refractivity contribution in [1.29, 1.82) is 0 Å². The number of halogens is 2. The molecule has 1 heterocycles. The average molecular weight is 508 g/mol. The van der Waals surface area contributed by atoms with Gasteiger partial charge in [0.05, 0.1) is 12.1 Å². The van der Waals surface area contributed by atoms with Crippen LogP contribution < -0.4 is 10.6 Å². The summed E-state index contributed by atoms with van der Waals surface area (Å²) in [6.45, 7) is 7.60. The minimum Gasteiger partial charge on any atom is -0.377 e. The first kappa shape index (κ1) is 20.0. The van der Waals surface area contributed by atoms with Gasteiger partial charge in [0, 0.05) is 35.5 Å². The highest BCUT2D eigenvalue weighted by atomic mass is 127. The average Bonchev–Trinajstić information content (AvgIpc) is 2.98. The molecule has 2 N–H and O–H groups in total. The summed E-state index contributed by atoms with van der Waals surface area (Å²) < 4.78 is 6.99. The fourth-order valence-corrected chi connectivity index (χ4v) is 4.67. The molecule has 0 radical (unpaired) electrons. The molecule has 3 rings (SSSR count). The molecule has 24 heavy (non-hydrogen) atoms. The van der Waals surface area contributed by atoms with Gasteiger partial charge in [-0.1, -0.05) is 48.0 Å². The Morgan fingerprint density at radius 3 is 2.75 bits per heavy atom. The molecule has 134 valence electrons. The standard InChI is InChI=1S/C18H26BrN3O.HI/c1-11(12-7-5-6-8-14(12)19)21-17(20-4)22-15-13-9-10-23-16(13)18(15,2)3;/h5-8,11,13,15-16H,9-10H2,1-4H3,(H2,20,21,22);1H. The molecule has 0 amide bonds. The molecular weight excluding hydrogens is 481 g/mol. The first-order valence-electron chi connectivity index (χ1n) is 8.31. The number of guanidine groups is 1. The van der Waals surface area contributed by atoms with Crippen molar-refractivity contribution in [3.63, 3.8) is 0 Å². The summed E-state index contributed by atoms with van der Waals surface area (Å²) in [6, 6.07) is 8.87. The summed E-state index contributed by atoms with van der Waals surface area (Å²) in [4.78, 5) is 4.42. The van der Waals surface area contributed by atoms with Gasteiger partial charge in [0.15, 0.2) is 5.96 Å². The highest BCUT2D eigenvalue weighted by molar-refractivity contribution is 14.0. The summed E-state index contributed by atoms with van der Waals surface area (Å²) in [5.74, 6) is 1.46. The van der Waals surface area contributed by atoms with Crippen LogP contribution in [0.1, 0.15) is 38.8 Å². The van der Waals surface area contributed by atoms with Gasteiger partial charge in [-0.25, -0.2) is 0 Å². The maximum atomic E-state index is 5.87. The molecule has 4 nitrogen and oxygen atoms in total. The summed E-state index contributed by atoms with van der Waals surface area (Å²) in [5, 5.41) is 7.14. The molecule has 1 aliphatic heterocycles. The van der Waals surface area contributed by atoms with Crippen LogP contribution in [0.25, 0.3) is 0 Å². The normalized spacial score (nSPS) is 29.0. The zero-order chi connectivity index (χ0) is 16.6. The van der Waals surface area contributed by atoms with Crippen molar-refractivity contribution < 1.29 is 4.74 Å². The van der Waals surface area contributed by atoms with E-state index < -0.39 is 0 Å². The van der Waals surface area contributed by atoms with Gasteiger partial charge in [-0.3, -0.25) is 4.99 Å². The lowest BCUT2D eigenvalue weighted by Gasteiger charge is -2.55. The van der Waals surface area contributed by atoms with Crippen LogP contribution in [0, 0.1) is 11.3 Å². The Labute approximate surface area is 170 Å². The molecule has 2 aliphatic rings. The summed E-state index contributed by atoms with van der Waals surface area (Å²) in [5.41, 5.74) is 1.38. The second-order valence-corrected chi connectivity index (χ2v) is 8.00. The van der Waals surface area contributed by atoms with Crippen molar-refractivity contribution in [2.45, 2.75) is 45.4 Å². The van der Waals surface area contributed by atoms with Crippen molar-refractivity contribution >= 4 is 45.9 Å². The van der Waals surface area contributed by atoms with E-state index in [1.165, 1.54) is 5.56 Å². The van der Waals surface area contributed by atoms with E-state index in [1.54, 1.807) is 0 Å². The number of aliphatic imine (C=N–C) groups is 1. The van der Waals surface area contributed by atoms with Crippen LogP contribution in [0.4, 0.5) is 0 Å². The Balaban J connectivity index is 0.00000208. The molecule has 1 aromatic rings. The predicted molar refractivity (Wildman–Crippen MR) is 113 cm³/mol. The number of nitrogens with zero attached hydrogens (tertiary/aromatic N) is 1. The lowest BCUT2D eigenvalue weighted by atomic mass is 9.57. The molecule has 0 spiro atoms. The Kier molecular flexibility index (Phi) is 6.58. The Bertz CT molecular complexity index is 608. The molecule has 2 fully saturated rings. The number of hydrogen-bond donors (Lipinski definition) is 2. The first-order valence-corrected chi connectivity index (χ1v) is 9.10. The minimum absolute atomic E-state index is 0. The maximum Gasteiger partial charge on any atom is 0.191 e. The third-order valence-electron chi connectivity index (χ3n) is 5.34. The number of rotatable bonds is 3. The number of nitrogens with one attached hydrogen (secondary N) is 2. The molecule has 1 aromatic carbocycles. The van der Waals surface area contributed by atoms with Crippen molar-refractivity contribution in [1.82, 2.24) is 10.6 Å². The van der Waals surface area contributed by atoms with Gasteiger partial charge in [0.1, 0.15) is 0 Å². The molecular formula is C18H27BrIN3O. The lowest BCUT2D eigenvalue weighted by Crippen LogP contribution is -2.68. The minimum atomic E-state index is 0. The largest absolute Gasteiger partial charge is 0.377 e. The van der Waals surface area contributed by atoms with Crippen LogP contribution in [0.15, 0.2) is 33.7 Å². The van der Waals surface area contributed by atoms with Crippen LogP contribution in [0.5, 0.6) is 0 Å². The van der Waals surface area contributed by atoms with Gasteiger partial charge in [-0.05, 0) is 25.0 Å². The van der Waals surface area contributed by atoms with E-state index in [0.29, 0.717) is 18.1 Å². The highest BCUT2D eigenvalue weighted by Gasteiger charge is 2.59. The number of fused-ring (bicyclic) bond motifs is 1. The summed E-state index contributed by atoms with van der Waals surface area (Å²) in [6.07, 6.45) is 1.53. The van der Waals surface area contributed by atoms with E-state index in [-0.39, 0.29) is 35.4 Å². The Morgan fingerprint density at radius 2 is 2.08 bits per heavy atom. The zero-order valence-corrected chi connectivity index (χ0v) is 18.6.